The number of hydrogen-bond donors (Lipinski definition) is 2. The molecule has 27 heavy (non-hydrogen) atoms. The van der Waals surface area contributed by atoms with E-state index in [4.69, 9.17) is 9.47 Å². The predicted octanol–water partition coefficient (Wildman–Crippen LogP) is 2.83. The number of nitrogens with one attached hydrogen (secondary N) is 2. The summed E-state index contributed by atoms with van der Waals surface area (Å²) in [6.45, 7) is 2.25. The zero-order valence-electron chi connectivity index (χ0n) is 15.6. The Morgan fingerprint density at radius 1 is 1.07 bits per heavy atom. The van der Waals surface area contributed by atoms with Crippen molar-refractivity contribution in [2.45, 2.75) is 13.3 Å². The van der Waals surface area contributed by atoms with Crippen molar-refractivity contribution in [3.05, 3.63) is 69.5 Å². The van der Waals surface area contributed by atoms with E-state index < -0.39 is 0 Å². The van der Waals surface area contributed by atoms with Crippen molar-refractivity contribution in [2.75, 3.05) is 20.8 Å². The first-order valence-electron chi connectivity index (χ1n) is 8.65. The van der Waals surface area contributed by atoms with Crippen LogP contribution < -0.4 is 20.3 Å². The Bertz CT molecular complexity index is 1020. The number of aromatic amines is 1. The van der Waals surface area contributed by atoms with Gasteiger partial charge in [-0.25, -0.2) is 0 Å². The third-order valence-corrected chi connectivity index (χ3v) is 4.45. The minimum absolute atomic E-state index is 0.0757. The fourth-order valence-electron chi connectivity index (χ4n) is 3.00. The van der Waals surface area contributed by atoms with E-state index in [1.807, 2.05) is 24.3 Å². The molecule has 0 saturated heterocycles. The molecule has 1 amide bonds. The number of amides is 1. The van der Waals surface area contributed by atoms with Crippen LogP contribution in [0.1, 0.15) is 21.5 Å². The molecule has 2 aromatic carbocycles. The zero-order valence-corrected chi connectivity index (χ0v) is 15.6. The second-order valence-corrected chi connectivity index (χ2v) is 6.25. The molecular formula is C21H22N2O4. The first kappa shape index (κ1) is 18.5. The second-order valence-electron chi connectivity index (χ2n) is 6.25. The number of fused-ring (bicyclic) bond motifs is 1. The van der Waals surface area contributed by atoms with Gasteiger partial charge in [0.25, 0.3) is 11.5 Å². The van der Waals surface area contributed by atoms with Crippen molar-refractivity contribution < 1.29 is 14.3 Å². The molecule has 0 bridgehead atoms. The molecule has 0 spiro atoms. The average Bonchev–Trinajstić information content (AvgIpc) is 2.68. The normalized spacial score (nSPS) is 10.6. The van der Waals surface area contributed by atoms with Crippen LogP contribution in [0.25, 0.3) is 10.9 Å². The second kappa shape index (κ2) is 7.95. The number of rotatable bonds is 6. The minimum atomic E-state index is -0.245. The molecule has 0 unspecified atom stereocenters. The van der Waals surface area contributed by atoms with Gasteiger partial charge in [-0.3, -0.25) is 9.59 Å². The Morgan fingerprint density at radius 3 is 2.44 bits per heavy atom. The van der Waals surface area contributed by atoms with Crippen LogP contribution in [0.15, 0.2) is 47.3 Å². The standard InChI is InChI=1S/C21H22N2O4/c1-13-11-15-12-14(7-8-16(15)23-20(13)24)9-10-22-21(25)19-17(26-2)5-4-6-18(19)27-3/h4-8,11-12H,9-10H2,1-3H3,(H,22,25)(H,23,24). The summed E-state index contributed by atoms with van der Waals surface area (Å²) < 4.78 is 10.5. The molecule has 6 heteroatoms. The van der Waals surface area contributed by atoms with E-state index in [1.165, 1.54) is 14.2 Å². The van der Waals surface area contributed by atoms with Crippen LogP contribution >= 0.6 is 0 Å². The molecule has 0 atom stereocenters. The summed E-state index contributed by atoms with van der Waals surface area (Å²) in [6.07, 6.45) is 0.664. The van der Waals surface area contributed by atoms with Crippen LogP contribution in [-0.2, 0) is 6.42 Å². The Hall–Kier alpha value is -3.28. The number of ether oxygens (including phenoxy) is 2. The molecule has 2 N–H and O–H groups in total. The van der Waals surface area contributed by atoms with Gasteiger partial charge in [0, 0.05) is 17.6 Å². The molecule has 6 nitrogen and oxygen atoms in total. The molecule has 0 fully saturated rings. The number of benzene rings is 2. The molecule has 0 aliphatic rings. The third kappa shape index (κ3) is 3.95. The Morgan fingerprint density at radius 2 is 1.78 bits per heavy atom. The van der Waals surface area contributed by atoms with Crippen molar-refractivity contribution in [3.8, 4) is 11.5 Å². The van der Waals surface area contributed by atoms with E-state index in [9.17, 15) is 9.59 Å². The zero-order chi connectivity index (χ0) is 19.4. The SMILES string of the molecule is COc1cccc(OC)c1C(=O)NCCc1ccc2[nH]c(=O)c(C)cc2c1. The van der Waals surface area contributed by atoms with Crippen LogP contribution in [0.4, 0.5) is 0 Å². The maximum absolute atomic E-state index is 12.6. The molecule has 140 valence electrons. The lowest BCUT2D eigenvalue weighted by atomic mass is 10.1. The summed E-state index contributed by atoms with van der Waals surface area (Å²) in [5.74, 6) is 0.694. The highest BCUT2D eigenvalue weighted by molar-refractivity contribution is 5.99. The van der Waals surface area contributed by atoms with E-state index in [0.29, 0.717) is 35.6 Å². The van der Waals surface area contributed by atoms with Gasteiger partial charge in [-0.15, -0.1) is 0 Å². The average molecular weight is 366 g/mol. The lowest BCUT2D eigenvalue weighted by molar-refractivity contribution is 0.0948. The van der Waals surface area contributed by atoms with Crippen LogP contribution in [0.2, 0.25) is 0 Å². The highest BCUT2D eigenvalue weighted by atomic mass is 16.5. The van der Waals surface area contributed by atoms with Gasteiger partial charge in [-0.2, -0.15) is 0 Å². The van der Waals surface area contributed by atoms with Gasteiger partial charge in [-0.05, 0) is 54.6 Å². The fourth-order valence-corrected chi connectivity index (χ4v) is 3.00. The Kier molecular flexibility index (Phi) is 5.45. The number of hydrogen-bond acceptors (Lipinski definition) is 4. The Labute approximate surface area is 157 Å². The fraction of sp³-hybridized carbons (Fsp3) is 0.238. The largest absolute Gasteiger partial charge is 0.496 e. The summed E-state index contributed by atoms with van der Waals surface area (Å²) in [5, 5.41) is 3.88. The van der Waals surface area contributed by atoms with Crippen LogP contribution in [0, 0.1) is 6.92 Å². The molecule has 0 aliphatic heterocycles. The first-order chi connectivity index (χ1) is 13.0. The molecule has 0 saturated carbocycles. The monoisotopic (exact) mass is 366 g/mol. The van der Waals surface area contributed by atoms with Gasteiger partial charge in [0.15, 0.2) is 0 Å². The van der Waals surface area contributed by atoms with E-state index in [2.05, 4.69) is 10.3 Å². The number of methoxy groups -OCH3 is 2. The van der Waals surface area contributed by atoms with Crippen molar-refractivity contribution in [2.24, 2.45) is 0 Å². The van der Waals surface area contributed by atoms with Crippen molar-refractivity contribution in [3.63, 3.8) is 0 Å². The molecule has 3 aromatic rings. The summed E-state index contributed by atoms with van der Waals surface area (Å²) in [5.41, 5.74) is 2.86. The number of carbonyl (C=O) groups is 1. The number of carbonyl (C=O) groups excluding carboxylic acids is 1. The summed E-state index contributed by atoms with van der Waals surface area (Å²) in [4.78, 5) is 27.1. The molecule has 1 aromatic heterocycles. The number of pyridine rings is 1. The van der Waals surface area contributed by atoms with E-state index in [0.717, 1.165) is 16.5 Å². The first-order valence-corrected chi connectivity index (χ1v) is 8.65. The van der Waals surface area contributed by atoms with E-state index >= 15 is 0 Å². The van der Waals surface area contributed by atoms with E-state index in [-0.39, 0.29) is 11.5 Å². The highest BCUT2D eigenvalue weighted by Crippen LogP contribution is 2.27. The number of aromatic nitrogens is 1. The summed E-state index contributed by atoms with van der Waals surface area (Å²) in [7, 11) is 3.04. The van der Waals surface area contributed by atoms with Gasteiger partial charge in [0.2, 0.25) is 0 Å². The van der Waals surface area contributed by atoms with Gasteiger partial charge >= 0.3 is 0 Å². The van der Waals surface area contributed by atoms with Gasteiger partial charge in [0.1, 0.15) is 17.1 Å². The van der Waals surface area contributed by atoms with Crippen LogP contribution in [0.3, 0.4) is 0 Å². The predicted molar refractivity (Wildman–Crippen MR) is 105 cm³/mol. The molecular weight excluding hydrogens is 344 g/mol. The summed E-state index contributed by atoms with van der Waals surface area (Å²) >= 11 is 0. The van der Waals surface area contributed by atoms with Crippen LogP contribution in [-0.4, -0.2) is 31.7 Å². The number of aryl methyl sites for hydroxylation is 1. The molecule has 3 rings (SSSR count). The van der Waals surface area contributed by atoms with Crippen molar-refractivity contribution >= 4 is 16.8 Å². The third-order valence-electron chi connectivity index (χ3n) is 4.45. The molecule has 0 aliphatic carbocycles. The lowest BCUT2D eigenvalue weighted by Crippen LogP contribution is -2.26. The Balaban J connectivity index is 1.71. The van der Waals surface area contributed by atoms with Gasteiger partial charge in [-0.1, -0.05) is 12.1 Å². The maximum Gasteiger partial charge on any atom is 0.258 e. The molecule has 0 radical (unpaired) electrons. The quantitative estimate of drug-likeness (QED) is 0.703. The van der Waals surface area contributed by atoms with Crippen molar-refractivity contribution in [1.82, 2.24) is 10.3 Å². The van der Waals surface area contributed by atoms with Gasteiger partial charge in [0.05, 0.1) is 14.2 Å². The molecule has 1 heterocycles. The highest BCUT2D eigenvalue weighted by Gasteiger charge is 2.17. The number of H-pyrrole nitrogens is 1. The lowest BCUT2D eigenvalue weighted by Gasteiger charge is -2.13. The van der Waals surface area contributed by atoms with E-state index in [1.54, 1.807) is 25.1 Å². The topological polar surface area (TPSA) is 80.4 Å². The smallest absolute Gasteiger partial charge is 0.258 e. The summed E-state index contributed by atoms with van der Waals surface area (Å²) in [6, 6.07) is 13.0. The maximum atomic E-state index is 12.6. The van der Waals surface area contributed by atoms with Crippen LogP contribution in [0.5, 0.6) is 11.5 Å². The van der Waals surface area contributed by atoms with Gasteiger partial charge < -0.3 is 19.8 Å². The minimum Gasteiger partial charge on any atom is -0.496 e. The van der Waals surface area contributed by atoms with Crippen molar-refractivity contribution in [1.29, 1.82) is 0 Å².